The highest BCUT2D eigenvalue weighted by atomic mass is 32.1. The minimum absolute atomic E-state index is 0.130. The highest BCUT2D eigenvalue weighted by Gasteiger charge is 2.55. The molecule has 1 amide bonds. The number of aliphatic hydroxyl groups is 5. The standard InChI is InChI=1S/C26H26BN5O10S/c1-30-5-3-18(28-30)15-7-16-20(8-19(15)39-2)41-9-17-21(29-31(22(16)17)14-4-6-43-10-14)23(33)32(25(27,34)35)24(11-40-12-24)13-42-26(36,37)38/h3-8,10,34-38H,9,11-13H2,1-2H3. The third kappa shape index (κ3) is 5.19. The number of hydrogen-bond donors (Lipinski definition) is 5. The van der Waals surface area contributed by atoms with Crippen LogP contribution in [0, 0.1) is 0 Å². The Kier molecular flexibility index (Phi) is 7.10. The molecule has 224 valence electrons. The fraction of sp³-hybridized carbons (Fsp3) is 0.346. The van der Waals surface area contributed by atoms with Crippen molar-refractivity contribution >= 4 is 25.1 Å². The maximum atomic E-state index is 14.2. The molecule has 43 heavy (non-hydrogen) atoms. The second-order valence-electron chi connectivity index (χ2n) is 10.2. The number of carbonyl (C=O) groups is 1. The first-order valence-corrected chi connectivity index (χ1v) is 13.7. The van der Waals surface area contributed by atoms with Gasteiger partial charge in [0.2, 0.25) is 0 Å². The summed E-state index contributed by atoms with van der Waals surface area (Å²) in [5.41, 5.74) is 1.33. The lowest BCUT2D eigenvalue weighted by molar-refractivity contribution is -0.463. The van der Waals surface area contributed by atoms with Gasteiger partial charge < -0.3 is 44.5 Å². The Morgan fingerprint density at radius 3 is 2.51 bits per heavy atom. The molecule has 0 bridgehead atoms. The summed E-state index contributed by atoms with van der Waals surface area (Å²) in [5.74, 6) is -3.36. The molecule has 5 N–H and O–H groups in total. The monoisotopic (exact) mass is 611 g/mol. The normalized spacial score (nSPS) is 15.7. The number of nitrogens with zero attached hydrogens (tertiary/aromatic N) is 5. The van der Waals surface area contributed by atoms with Gasteiger partial charge in [-0.05, 0) is 23.6 Å². The second kappa shape index (κ2) is 10.4. The molecule has 1 fully saturated rings. The molecule has 17 heteroatoms. The zero-order valence-electron chi connectivity index (χ0n) is 22.9. The lowest BCUT2D eigenvalue weighted by atomic mass is 9.88. The van der Waals surface area contributed by atoms with Crippen molar-refractivity contribution in [3.63, 3.8) is 0 Å². The number of aryl methyl sites for hydroxylation is 1. The molecule has 15 nitrogen and oxygen atoms in total. The van der Waals surface area contributed by atoms with E-state index in [1.54, 1.807) is 34.7 Å². The smallest absolute Gasteiger partial charge is 0.405 e. The van der Waals surface area contributed by atoms with Crippen LogP contribution in [-0.2, 0) is 23.1 Å². The van der Waals surface area contributed by atoms with Crippen LogP contribution in [0.3, 0.4) is 0 Å². The number of methoxy groups -OCH3 is 1. The molecule has 0 atom stereocenters. The topological polar surface area (TPSA) is 194 Å². The molecule has 6 rings (SSSR count). The first-order valence-electron chi connectivity index (χ1n) is 12.8. The van der Waals surface area contributed by atoms with E-state index in [4.69, 9.17) is 22.1 Å². The number of fused-ring (bicyclic) bond motifs is 3. The number of carbonyl (C=O) groups excluding carboxylic acids is 1. The van der Waals surface area contributed by atoms with Crippen molar-refractivity contribution in [2.75, 3.05) is 26.9 Å². The Bertz CT molecular complexity index is 1670. The summed E-state index contributed by atoms with van der Waals surface area (Å²) in [7, 11) is 8.98. The summed E-state index contributed by atoms with van der Waals surface area (Å²) in [6, 6.07) is 7.15. The Morgan fingerprint density at radius 2 is 1.95 bits per heavy atom. The van der Waals surface area contributed by atoms with E-state index in [1.807, 2.05) is 22.9 Å². The summed E-state index contributed by atoms with van der Waals surface area (Å²) in [4.78, 5) is 14.7. The van der Waals surface area contributed by atoms with Gasteiger partial charge in [0, 0.05) is 41.4 Å². The van der Waals surface area contributed by atoms with E-state index in [0.29, 0.717) is 50.2 Å². The molecule has 2 radical (unpaired) electrons. The average Bonchev–Trinajstić information content (AvgIpc) is 3.67. The van der Waals surface area contributed by atoms with Gasteiger partial charge in [-0.25, -0.2) is 4.68 Å². The summed E-state index contributed by atoms with van der Waals surface area (Å²) < 4.78 is 24.7. The van der Waals surface area contributed by atoms with Crippen molar-refractivity contribution in [3.8, 4) is 39.7 Å². The number of aromatic nitrogens is 4. The van der Waals surface area contributed by atoms with Gasteiger partial charge in [-0.1, -0.05) is 0 Å². The largest absolute Gasteiger partial charge is 0.496 e. The molecule has 1 saturated heterocycles. The van der Waals surface area contributed by atoms with Crippen molar-refractivity contribution in [3.05, 3.63) is 52.5 Å². The van der Waals surface area contributed by atoms with Gasteiger partial charge in [0.15, 0.2) is 19.4 Å². The van der Waals surface area contributed by atoms with Gasteiger partial charge >= 0.3 is 6.16 Å². The van der Waals surface area contributed by atoms with Gasteiger partial charge in [0.05, 0.1) is 44.0 Å². The predicted molar refractivity (Wildman–Crippen MR) is 148 cm³/mol. The highest BCUT2D eigenvalue weighted by molar-refractivity contribution is 7.08. The fourth-order valence-corrected chi connectivity index (χ4v) is 5.82. The molecule has 0 spiro atoms. The number of hydrogen-bond acceptors (Lipinski definition) is 13. The molecule has 3 aromatic heterocycles. The van der Waals surface area contributed by atoms with Crippen LogP contribution in [0.25, 0.3) is 28.2 Å². The van der Waals surface area contributed by atoms with E-state index in [1.165, 1.54) is 18.4 Å². The summed E-state index contributed by atoms with van der Waals surface area (Å²) >= 11 is 1.41. The number of benzene rings is 1. The Morgan fingerprint density at radius 1 is 1.19 bits per heavy atom. The van der Waals surface area contributed by atoms with Crippen LogP contribution in [0.1, 0.15) is 16.1 Å². The van der Waals surface area contributed by atoms with Crippen LogP contribution in [0.5, 0.6) is 11.5 Å². The second-order valence-corrected chi connectivity index (χ2v) is 11.0. The van der Waals surface area contributed by atoms with Crippen LogP contribution in [-0.4, -0.2) is 108 Å². The molecule has 0 aliphatic carbocycles. The van der Waals surface area contributed by atoms with Crippen molar-refractivity contribution in [1.29, 1.82) is 0 Å². The summed E-state index contributed by atoms with van der Waals surface area (Å²) in [5, 5.41) is 61.7. The summed E-state index contributed by atoms with van der Waals surface area (Å²) in [6.07, 6.45) is -1.78. The van der Waals surface area contributed by atoms with Crippen molar-refractivity contribution < 1.29 is 49.3 Å². The van der Waals surface area contributed by atoms with Crippen LogP contribution >= 0.6 is 11.3 Å². The third-order valence-corrected chi connectivity index (χ3v) is 7.81. The van der Waals surface area contributed by atoms with Crippen LogP contribution in [0.15, 0.2) is 41.2 Å². The van der Waals surface area contributed by atoms with Crippen molar-refractivity contribution in [1.82, 2.24) is 24.5 Å². The maximum Gasteiger partial charge on any atom is 0.405 e. The molecular weight excluding hydrogens is 585 g/mol. The molecule has 0 unspecified atom stereocenters. The molecule has 2 aliphatic rings. The minimum Gasteiger partial charge on any atom is -0.496 e. The highest BCUT2D eigenvalue weighted by Crippen LogP contribution is 2.46. The van der Waals surface area contributed by atoms with Gasteiger partial charge in [-0.3, -0.25) is 14.4 Å². The minimum atomic E-state index is -3.57. The predicted octanol–water partition coefficient (Wildman–Crippen LogP) is -0.517. The third-order valence-electron chi connectivity index (χ3n) is 7.14. The molecule has 5 heterocycles. The van der Waals surface area contributed by atoms with Gasteiger partial charge in [-0.15, -0.1) is 0 Å². The van der Waals surface area contributed by atoms with Crippen molar-refractivity contribution in [2.24, 2.45) is 7.05 Å². The van der Waals surface area contributed by atoms with E-state index < -0.39 is 30.0 Å². The van der Waals surface area contributed by atoms with E-state index in [-0.39, 0.29) is 25.5 Å². The van der Waals surface area contributed by atoms with E-state index in [0.717, 1.165) is 0 Å². The zero-order chi connectivity index (χ0) is 30.7. The van der Waals surface area contributed by atoms with Gasteiger partial charge in [0.1, 0.15) is 23.6 Å². The number of thiophene rings is 1. The van der Waals surface area contributed by atoms with Crippen LogP contribution in [0.4, 0.5) is 0 Å². The fourth-order valence-electron chi connectivity index (χ4n) is 5.21. The molecule has 2 aliphatic heterocycles. The Balaban J connectivity index is 1.52. The van der Waals surface area contributed by atoms with Crippen LogP contribution in [0.2, 0.25) is 0 Å². The molecular formula is C26H26BN5O10S. The number of ether oxygens (including phenoxy) is 4. The SMILES string of the molecule is [B]C(O)(O)N(C(=O)c1nn(-c2ccsc2)c2c1COc1cc(OC)c(-c3ccn(C)n3)cc1-2)C1(COC(O)(O)O)COC1. The molecule has 0 saturated carbocycles. The average molecular weight is 611 g/mol. The Hall–Kier alpha value is -3.81. The first kappa shape index (κ1) is 29.3. The number of rotatable bonds is 9. The lowest BCUT2D eigenvalue weighted by Crippen LogP contribution is -2.73. The van der Waals surface area contributed by atoms with Crippen LogP contribution < -0.4 is 9.47 Å². The Labute approximate surface area is 249 Å². The summed E-state index contributed by atoms with van der Waals surface area (Å²) in [6.45, 7) is -1.60. The maximum absolute atomic E-state index is 14.2. The quantitative estimate of drug-likeness (QED) is 0.120. The van der Waals surface area contributed by atoms with Crippen molar-refractivity contribution in [2.45, 2.75) is 24.1 Å². The molecule has 4 aromatic rings. The zero-order valence-corrected chi connectivity index (χ0v) is 23.7. The van der Waals surface area contributed by atoms with E-state index in [9.17, 15) is 30.3 Å². The van der Waals surface area contributed by atoms with E-state index in [2.05, 4.69) is 14.9 Å². The lowest BCUT2D eigenvalue weighted by Gasteiger charge is -2.52. The van der Waals surface area contributed by atoms with Gasteiger partial charge in [0.25, 0.3) is 5.91 Å². The number of amides is 1. The van der Waals surface area contributed by atoms with E-state index >= 15 is 0 Å². The molecule has 1 aromatic carbocycles. The van der Waals surface area contributed by atoms with Gasteiger partial charge in [-0.2, -0.15) is 21.5 Å². The first-order chi connectivity index (χ1) is 20.3.